The molecule has 0 aliphatic heterocycles. The highest BCUT2D eigenvalue weighted by Gasteiger charge is 2.06. The van der Waals surface area contributed by atoms with Gasteiger partial charge in [-0.3, -0.25) is 0 Å². The average Bonchev–Trinajstić information content (AvgIpc) is 2.47. The third-order valence-electron chi connectivity index (χ3n) is 3.53. The molecule has 1 unspecified atom stereocenters. The first-order valence-corrected chi connectivity index (χ1v) is 7.02. The molecule has 0 spiro atoms. The predicted molar refractivity (Wildman–Crippen MR) is 80.1 cm³/mol. The Morgan fingerprint density at radius 1 is 1.10 bits per heavy atom. The van der Waals surface area contributed by atoms with Gasteiger partial charge in [0.15, 0.2) is 0 Å². The third-order valence-corrected chi connectivity index (χ3v) is 3.53. The minimum Gasteiger partial charge on any atom is -0.439 e. The van der Waals surface area contributed by atoms with Crippen LogP contribution in [0.1, 0.15) is 50.3 Å². The summed E-state index contributed by atoms with van der Waals surface area (Å²) in [5, 5.41) is 9.56. The smallest absolute Gasteiger partial charge is 0.219 e. The van der Waals surface area contributed by atoms with Crippen LogP contribution >= 0.6 is 0 Å². The normalized spacial score (nSPS) is 13.8. The van der Waals surface area contributed by atoms with Crippen LogP contribution in [0.25, 0.3) is 0 Å². The monoisotopic (exact) mass is 271 g/mol. The van der Waals surface area contributed by atoms with Crippen LogP contribution in [0.3, 0.4) is 0 Å². The van der Waals surface area contributed by atoms with Gasteiger partial charge in [0.05, 0.1) is 6.10 Å². The average molecular weight is 271 g/mol. The van der Waals surface area contributed by atoms with Crippen LogP contribution in [0, 0.1) is 0 Å². The molecule has 1 aromatic carbocycles. The van der Waals surface area contributed by atoms with Crippen LogP contribution in [-0.2, 0) is 0 Å². The Balaban J connectivity index is 2.12. The lowest BCUT2D eigenvalue weighted by molar-refractivity contribution is 0.198. The van der Waals surface area contributed by atoms with Gasteiger partial charge in [-0.05, 0) is 48.6 Å². The molecule has 1 heterocycles. The topological polar surface area (TPSA) is 42.4 Å². The van der Waals surface area contributed by atoms with Crippen molar-refractivity contribution in [1.29, 1.82) is 0 Å². The first kappa shape index (κ1) is 14.5. The van der Waals surface area contributed by atoms with Crippen molar-refractivity contribution in [2.24, 2.45) is 0 Å². The van der Waals surface area contributed by atoms with Crippen LogP contribution in [0.15, 0.2) is 42.6 Å². The molecule has 2 atom stereocenters. The highest BCUT2D eigenvalue weighted by Crippen LogP contribution is 2.25. The van der Waals surface area contributed by atoms with E-state index in [0.717, 1.165) is 17.7 Å². The minimum atomic E-state index is -0.520. The molecule has 0 aliphatic rings. The first-order valence-electron chi connectivity index (χ1n) is 7.02. The van der Waals surface area contributed by atoms with Crippen molar-refractivity contribution in [3.8, 4) is 11.6 Å². The van der Waals surface area contributed by atoms with Crippen LogP contribution < -0.4 is 4.74 Å². The Labute approximate surface area is 120 Å². The fourth-order valence-corrected chi connectivity index (χ4v) is 1.96. The van der Waals surface area contributed by atoms with Gasteiger partial charge in [-0.15, -0.1) is 0 Å². The molecule has 0 radical (unpaired) electrons. The second-order valence-electron chi connectivity index (χ2n) is 5.08. The Kier molecular flexibility index (Phi) is 4.74. The zero-order chi connectivity index (χ0) is 14.5. The molecule has 106 valence electrons. The summed E-state index contributed by atoms with van der Waals surface area (Å²) in [7, 11) is 0. The number of rotatable bonds is 5. The van der Waals surface area contributed by atoms with Gasteiger partial charge in [0.2, 0.25) is 5.88 Å². The van der Waals surface area contributed by atoms with E-state index in [9.17, 15) is 5.11 Å². The molecule has 0 saturated carbocycles. The summed E-state index contributed by atoms with van der Waals surface area (Å²) in [6, 6.07) is 11.6. The van der Waals surface area contributed by atoms with Crippen LogP contribution in [0.4, 0.5) is 0 Å². The van der Waals surface area contributed by atoms with Gasteiger partial charge >= 0.3 is 0 Å². The molecule has 0 aliphatic carbocycles. The Hall–Kier alpha value is -1.87. The van der Waals surface area contributed by atoms with Gasteiger partial charge < -0.3 is 9.84 Å². The van der Waals surface area contributed by atoms with Gasteiger partial charge in [-0.25, -0.2) is 4.98 Å². The SMILES string of the molecule is CCC(C)c1ccc(Oc2cc([C@@H](C)O)ccn2)cc1. The van der Waals surface area contributed by atoms with Gasteiger partial charge in [0.25, 0.3) is 0 Å². The molecule has 20 heavy (non-hydrogen) atoms. The van der Waals surface area contributed by atoms with Crippen molar-refractivity contribution in [3.63, 3.8) is 0 Å². The summed E-state index contributed by atoms with van der Waals surface area (Å²) < 4.78 is 5.72. The number of aliphatic hydroxyl groups excluding tert-OH is 1. The predicted octanol–water partition coefficient (Wildman–Crippen LogP) is 4.44. The van der Waals surface area contributed by atoms with E-state index in [0.29, 0.717) is 11.8 Å². The molecule has 0 amide bonds. The van der Waals surface area contributed by atoms with Crippen molar-refractivity contribution in [3.05, 3.63) is 53.7 Å². The van der Waals surface area contributed by atoms with E-state index in [-0.39, 0.29) is 0 Å². The lowest BCUT2D eigenvalue weighted by Gasteiger charge is -2.11. The zero-order valence-corrected chi connectivity index (χ0v) is 12.2. The van der Waals surface area contributed by atoms with Gasteiger partial charge in [0, 0.05) is 12.3 Å². The lowest BCUT2D eigenvalue weighted by atomic mass is 9.99. The van der Waals surface area contributed by atoms with E-state index < -0.39 is 6.10 Å². The van der Waals surface area contributed by atoms with Crippen molar-refractivity contribution in [1.82, 2.24) is 4.98 Å². The maximum absolute atomic E-state index is 9.56. The molecular weight excluding hydrogens is 250 g/mol. The molecule has 2 aromatic rings. The van der Waals surface area contributed by atoms with Crippen LogP contribution in [0.5, 0.6) is 11.6 Å². The van der Waals surface area contributed by atoms with Gasteiger partial charge in [-0.1, -0.05) is 26.0 Å². The van der Waals surface area contributed by atoms with Crippen molar-refractivity contribution < 1.29 is 9.84 Å². The standard InChI is InChI=1S/C17H21NO2/c1-4-12(2)14-5-7-16(8-6-14)20-17-11-15(13(3)19)9-10-18-17/h5-13,19H,4H2,1-3H3/t12?,13-/m1/s1. The van der Waals surface area contributed by atoms with Gasteiger partial charge in [0.1, 0.15) is 5.75 Å². The Morgan fingerprint density at radius 3 is 2.40 bits per heavy atom. The molecule has 0 bridgehead atoms. The van der Waals surface area contributed by atoms with E-state index >= 15 is 0 Å². The van der Waals surface area contributed by atoms with E-state index in [1.165, 1.54) is 5.56 Å². The lowest BCUT2D eigenvalue weighted by Crippen LogP contribution is -1.95. The molecule has 2 rings (SSSR count). The quantitative estimate of drug-likeness (QED) is 0.874. The summed E-state index contributed by atoms with van der Waals surface area (Å²) >= 11 is 0. The van der Waals surface area contributed by atoms with Crippen molar-refractivity contribution in [2.75, 3.05) is 0 Å². The minimum absolute atomic E-state index is 0.500. The summed E-state index contributed by atoms with van der Waals surface area (Å²) in [6.07, 6.45) is 2.25. The number of pyridine rings is 1. The van der Waals surface area contributed by atoms with E-state index in [4.69, 9.17) is 4.74 Å². The number of hydrogen-bond donors (Lipinski definition) is 1. The number of hydrogen-bond acceptors (Lipinski definition) is 3. The number of aliphatic hydroxyl groups is 1. The summed E-state index contributed by atoms with van der Waals surface area (Å²) in [5.74, 6) is 1.81. The van der Waals surface area contributed by atoms with Crippen molar-refractivity contribution in [2.45, 2.75) is 39.2 Å². The van der Waals surface area contributed by atoms with E-state index in [1.54, 1.807) is 25.3 Å². The molecule has 3 heteroatoms. The fraction of sp³-hybridized carbons (Fsp3) is 0.353. The second kappa shape index (κ2) is 6.53. The van der Waals surface area contributed by atoms with E-state index in [2.05, 4.69) is 31.0 Å². The Bertz CT molecular complexity index is 549. The zero-order valence-electron chi connectivity index (χ0n) is 12.2. The maximum atomic E-state index is 9.56. The highest BCUT2D eigenvalue weighted by molar-refractivity contribution is 5.33. The maximum Gasteiger partial charge on any atom is 0.219 e. The summed E-state index contributed by atoms with van der Waals surface area (Å²) in [5.41, 5.74) is 2.11. The highest BCUT2D eigenvalue weighted by atomic mass is 16.5. The molecule has 0 fully saturated rings. The van der Waals surface area contributed by atoms with Crippen LogP contribution in [0.2, 0.25) is 0 Å². The number of aromatic nitrogens is 1. The molecule has 0 saturated heterocycles. The molecule has 1 aromatic heterocycles. The number of nitrogens with zero attached hydrogens (tertiary/aromatic N) is 1. The largest absolute Gasteiger partial charge is 0.439 e. The molecule has 1 N–H and O–H groups in total. The summed E-state index contributed by atoms with van der Waals surface area (Å²) in [6.45, 7) is 6.12. The first-order chi connectivity index (χ1) is 9.60. The Morgan fingerprint density at radius 2 is 1.80 bits per heavy atom. The number of benzene rings is 1. The van der Waals surface area contributed by atoms with Crippen LogP contribution in [-0.4, -0.2) is 10.1 Å². The number of ether oxygens (including phenoxy) is 1. The third kappa shape index (κ3) is 3.58. The summed E-state index contributed by atoms with van der Waals surface area (Å²) in [4.78, 5) is 4.16. The van der Waals surface area contributed by atoms with E-state index in [1.807, 2.05) is 12.1 Å². The molecular formula is C17H21NO2. The van der Waals surface area contributed by atoms with Gasteiger partial charge in [-0.2, -0.15) is 0 Å². The second-order valence-corrected chi connectivity index (χ2v) is 5.08. The van der Waals surface area contributed by atoms with Crippen molar-refractivity contribution >= 4 is 0 Å². The molecule has 3 nitrogen and oxygen atoms in total. The fourth-order valence-electron chi connectivity index (χ4n) is 1.96.